The zero-order valence-electron chi connectivity index (χ0n) is 24.0. The van der Waals surface area contributed by atoms with Crippen LogP contribution in [0.3, 0.4) is 0 Å². The molecule has 2 amide bonds. The van der Waals surface area contributed by atoms with Crippen molar-refractivity contribution in [3.8, 4) is 0 Å². The molecule has 3 aromatic rings. The predicted octanol–water partition coefficient (Wildman–Crippen LogP) is -8.23. The molecule has 24 heteroatoms. The smallest absolute Gasteiger partial charge is 0.744 e. The SMILES string of the molecule is Cc1c(N2N=C(C(=O)[O-])C(N=Nc3ccccc3S(=O)(=O)[O-])C2=O)cc(NC(=O)c2cc(Cl)nnc2Cl)cc1S(=O)(=O)[O-].[Na+].[Na+].[Na+]. The number of nitrogens with one attached hydrogen (secondary N) is 1. The zero-order chi connectivity index (χ0) is 31.9. The van der Waals surface area contributed by atoms with Gasteiger partial charge in [0, 0.05) is 5.69 Å². The molecular weight excluding hydrogens is 726 g/mol. The van der Waals surface area contributed by atoms with Gasteiger partial charge in [-0.25, -0.2) is 16.8 Å². The largest absolute Gasteiger partial charge is 1.00 e. The molecule has 17 nitrogen and oxygen atoms in total. The molecular formula is C22H12Cl2N7Na3O10S2. The molecule has 4 rings (SSSR count). The van der Waals surface area contributed by atoms with Crippen LogP contribution in [0.15, 0.2) is 67.6 Å². The summed E-state index contributed by atoms with van der Waals surface area (Å²) >= 11 is 11.6. The summed E-state index contributed by atoms with van der Waals surface area (Å²) in [4.78, 5) is 36.2. The molecule has 0 bridgehead atoms. The molecule has 1 aromatic heterocycles. The number of aromatic nitrogens is 2. The van der Waals surface area contributed by atoms with Gasteiger partial charge < -0.3 is 24.3 Å². The van der Waals surface area contributed by atoms with Crippen LogP contribution in [0.2, 0.25) is 10.3 Å². The Balaban J connectivity index is 0.00000353. The van der Waals surface area contributed by atoms with Crippen molar-refractivity contribution >= 4 is 84.0 Å². The van der Waals surface area contributed by atoms with Crippen molar-refractivity contribution in [2.45, 2.75) is 22.8 Å². The average molecular weight is 738 g/mol. The number of hydrogen-bond acceptors (Lipinski definition) is 15. The Hall–Kier alpha value is -1.40. The van der Waals surface area contributed by atoms with Gasteiger partial charge in [-0.05, 0) is 42.8 Å². The maximum atomic E-state index is 13.3. The van der Waals surface area contributed by atoms with E-state index in [4.69, 9.17) is 23.2 Å². The van der Waals surface area contributed by atoms with Gasteiger partial charge in [-0.15, -0.1) is 10.2 Å². The fourth-order valence-electron chi connectivity index (χ4n) is 3.68. The number of azo groups is 1. The molecule has 224 valence electrons. The number of hydrogen-bond donors (Lipinski definition) is 1. The van der Waals surface area contributed by atoms with E-state index in [1.165, 1.54) is 12.1 Å². The molecule has 46 heavy (non-hydrogen) atoms. The summed E-state index contributed by atoms with van der Waals surface area (Å²) in [5.74, 6) is -4.27. The van der Waals surface area contributed by atoms with Gasteiger partial charge in [0.2, 0.25) is 0 Å². The van der Waals surface area contributed by atoms with Crippen LogP contribution in [0.4, 0.5) is 17.1 Å². The van der Waals surface area contributed by atoms with Crippen LogP contribution < -0.4 is 104 Å². The Morgan fingerprint density at radius 3 is 2.15 bits per heavy atom. The third-order valence-corrected chi connectivity index (χ3v) is 7.90. The Bertz CT molecular complexity index is 2000. The van der Waals surface area contributed by atoms with Crippen molar-refractivity contribution in [1.82, 2.24) is 10.2 Å². The number of nitrogens with zero attached hydrogens (tertiary/aromatic N) is 6. The van der Waals surface area contributed by atoms with Gasteiger partial charge >= 0.3 is 88.7 Å². The molecule has 1 unspecified atom stereocenters. The van der Waals surface area contributed by atoms with Crippen molar-refractivity contribution in [3.63, 3.8) is 0 Å². The van der Waals surface area contributed by atoms with E-state index >= 15 is 0 Å². The minimum absolute atomic E-state index is 0. The summed E-state index contributed by atoms with van der Waals surface area (Å²) in [5.41, 5.74) is -3.11. The van der Waals surface area contributed by atoms with Gasteiger partial charge in [0.05, 0.1) is 27.0 Å². The van der Waals surface area contributed by atoms with E-state index < -0.39 is 70.9 Å². The number of carboxylic acid groups (broad SMARTS) is 1. The second-order valence-electron chi connectivity index (χ2n) is 8.36. The molecule has 0 aliphatic carbocycles. The van der Waals surface area contributed by atoms with Crippen molar-refractivity contribution < 1.29 is 134 Å². The zero-order valence-corrected chi connectivity index (χ0v) is 33.1. The fraction of sp³-hybridized carbons (Fsp3) is 0.0909. The van der Waals surface area contributed by atoms with Gasteiger partial charge in [0.1, 0.15) is 31.6 Å². The summed E-state index contributed by atoms with van der Waals surface area (Å²) in [6, 6.07) is 5.19. The molecule has 0 fully saturated rings. The van der Waals surface area contributed by atoms with Crippen LogP contribution in [-0.2, 0) is 29.8 Å². The third-order valence-electron chi connectivity index (χ3n) is 5.59. The van der Waals surface area contributed by atoms with E-state index in [0.29, 0.717) is 5.01 Å². The van der Waals surface area contributed by atoms with Gasteiger partial charge in [0.15, 0.2) is 16.3 Å². The number of hydrazone groups is 1. The van der Waals surface area contributed by atoms with E-state index in [-0.39, 0.29) is 116 Å². The second kappa shape index (κ2) is 16.8. The number of halogens is 2. The monoisotopic (exact) mass is 737 g/mol. The number of amides is 2. The third kappa shape index (κ3) is 9.61. The van der Waals surface area contributed by atoms with E-state index in [2.05, 4.69) is 30.8 Å². The van der Waals surface area contributed by atoms with Gasteiger partial charge in [-0.2, -0.15) is 20.3 Å². The van der Waals surface area contributed by atoms with Crippen LogP contribution in [0.25, 0.3) is 0 Å². The summed E-state index contributed by atoms with van der Waals surface area (Å²) in [5, 5.41) is 31.5. The first kappa shape index (κ1) is 42.6. The van der Waals surface area contributed by atoms with E-state index in [1.54, 1.807) is 0 Å². The van der Waals surface area contributed by atoms with Crippen molar-refractivity contribution in [2.75, 3.05) is 10.3 Å². The maximum absolute atomic E-state index is 13.3. The number of benzene rings is 2. The van der Waals surface area contributed by atoms with Crippen molar-refractivity contribution in [3.05, 3.63) is 63.9 Å². The van der Waals surface area contributed by atoms with Gasteiger partial charge in [0.25, 0.3) is 11.8 Å². The van der Waals surface area contributed by atoms with Crippen molar-refractivity contribution in [2.24, 2.45) is 15.3 Å². The van der Waals surface area contributed by atoms with Gasteiger partial charge in [-0.3, -0.25) is 9.59 Å². The number of carboxylic acids is 1. The number of rotatable bonds is 8. The first-order valence-corrected chi connectivity index (χ1v) is 14.8. The quantitative estimate of drug-likeness (QED) is 0.128. The van der Waals surface area contributed by atoms with E-state index in [9.17, 15) is 45.4 Å². The van der Waals surface area contributed by atoms with Gasteiger partial charge in [-0.1, -0.05) is 35.3 Å². The average Bonchev–Trinajstić information content (AvgIpc) is 3.24. The molecule has 0 saturated heterocycles. The Morgan fingerprint density at radius 1 is 0.957 bits per heavy atom. The van der Waals surface area contributed by atoms with Crippen LogP contribution in [-0.4, -0.2) is 65.7 Å². The summed E-state index contributed by atoms with van der Waals surface area (Å²) in [6.07, 6.45) is 0. The molecule has 1 N–H and O–H groups in total. The van der Waals surface area contributed by atoms with Crippen LogP contribution >= 0.6 is 23.2 Å². The molecule has 2 heterocycles. The first-order valence-electron chi connectivity index (χ1n) is 11.2. The molecule has 0 spiro atoms. The number of aliphatic carboxylic acids is 1. The van der Waals surface area contributed by atoms with Crippen LogP contribution in [0.1, 0.15) is 15.9 Å². The first-order chi connectivity index (χ1) is 20.0. The Labute approximate surface area is 336 Å². The summed E-state index contributed by atoms with van der Waals surface area (Å²) in [6.45, 7) is 1.10. The second-order valence-corrected chi connectivity index (χ2v) is 11.8. The predicted molar refractivity (Wildman–Crippen MR) is 142 cm³/mol. The Morgan fingerprint density at radius 2 is 1.57 bits per heavy atom. The van der Waals surface area contributed by atoms with E-state index in [1.807, 2.05) is 0 Å². The number of anilines is 2. The minimum Gasteiger partial charge on any atom is -0.744 e. The number of carbonyl (C=O) groups excluding carboxylic acids is 3. The van der Waals surface area contributed by atoms with Crippen LogP contribution in [0, 0.1) is 6.92 Å². The van der Waals surface area contributed by atoms with Crippen molar-refractivity contribution in [1.29, 1.82) is 0 Å². The molecule has 1 atom stereocenters. The standard InChI is InChI=1S/C22H15Cl2N7O10S2.3Na/c1-9-13(6-10(7-15(9)43(39,40)41)25-20(32)11-8-16(23)27-29-19(11)24)31-21(33)17(18(30-31)22(34)35)28-26-12-4-2-3-5-14(12)42(36,37)38;;;/h2-8,17H,1H3,(H,25,32)(H,34,35)(H,36,37,38)(H,39,40,41);;;/q;3*+1/p-3. The Kier molecular flexibility index (Phi) is 15.6. The fourth-order valence-corrected chi connectivity index (χ4v) is 5.37. The summed E-state index contributed by atoms with van der Waals surface area (Å²) < 4.78 is 70.7. The summed E-state index contributed by atoms with van der Waals surface area (Å²) in [7, 11) is -10.3. The molecule has 1 aliphatic rings. The van der Waals surface area contributed by atoms with Crippen LogP contribution in [0.5, 0.6) is 0 Å². The number of carbonyl (C=O) groups is 3. The topological polar surface area (TPSA) is 267 Å². The van der Waals surface area contributed by atoms with E-state index in [0.717, 1.165) is 37.3 Å². The molecule has 2 aromatic carbocycles. The molecule has 0 saturated carbocycles. The minimum atomic E-state index is -5.26. The molecule has 1 aliphatic heterocycles. The normalized spacial score (nSPS) is 14.5. The molecule has 0 radical (unpaired) electrons. The maximum Gasteiger partial charge on any atom is 1.00 e.